The average Bonchev–Trinajstić information content (AvgIpc) is 3.06. The highest BCUT2D eigenvalue weighted by Gasteiger charge is 2.25. The SMILES string of the molecule is CCC(=O)N1CCC(NC(=NC)NCCCc2ccccc2)C1.I. The Morgan fingerprint density at radius 1 is 1.33 bits per heavy atom. The minimum atomic E-state index is 0. The summed E-state index contributed by atoms with van der Waals surface area (Å²) in [4.78, 5) is 17.9. The van der Waals surface area contributed by atoms with Gasteiger partial charge in [-0.25, -0.2) is 0 Å². The molecule has 1 fully saturated rings. The van der Waals surface area contributed by atoms with Crippen LogP contribution in [0.2, 0.25) is 0 Å². The fourth-order valence-electron chi connectivity index (χ4n) is 2.86. The van der Waals surface area contributed by atoms with E-state index in [1.54, 1.807) is 7.05 Å². The molecule has 0 saturated carbocycles. The lowest BCUT2D eigenvalue weighted by molar-refractivity contribution is -0.129. The smallest absolute Gasteiger partial charge is 0.222 e. The number of carbonyl (C=O) groups excluding carboxylic acids is 1. The van der Waals surface area contributed by atoms with Crippen LogP contribution in [0.25, 0.3) is 0 Å². The number of amides is 1. The second-order valence-corrected chi connectivity index (χ2v) is 5.91. The number of likely N-dealkylation sites (tertiary alicyclic amines) is 1. The Labute approximate surface area is 162 Å². The van der Waals surface area contributed by atoms with Crippen LogP contribution < -0.4 is 10.6 Å². The average molecular weight is 444 g/mol. The van der Waals surface area contributed by atoms with Crippen LogP contribution in [0.15, 0.2) is 35.3 Å². The zero-order chi connectivity index (χ0) is 16.5. The van der Waals surface area contributed by atoms with Crippen molar-refractivity contribution in [3.05, 3.63) is 35.9 Å². The minimum Gasteiger partial charge on any atom is -0.356 e. The molecule has 0 spiro atoms. The van der Waals surface area contributed by atoms with E-state index in [0.717, 1.165) is 44.9 Å². The van der Waals surface area contributed by atoms with Crippen molar-refractivity contribution in [3.63, 3.8) is 0 Å². The molecule has 1 heterocycles. The number of guanidine groups is 1. The van der Waals surface area contributed by atoms with Gasteiger partial charge in [-0.05, 0) is 24.8 Å². The van der Waals surface area contributed by atoms with Crippen LogP contribution >= 0.6 is 24.0 Å². The maximum Gasteiger partial charge on any atom is 0.222 e. The van der Waals surface area contributed by atoms with Crippen molar-refractivity contribution < 1.29 is 4.79 Å². The quantitative estimate of drug-likeness (QED) is 0.307. The fraction of sp³-hybridized carbons (Fsp3) is 0.556. The lowest BCUT2D eigenvalue weighted by Crippen LogP contribution is -2.45. The molecule has 0 aliphatic carbocycles. The number of nitrogens with zero attached hydrogens (tertiary/aromatic N) is 2. The number of aryl methyl sites for hydroxylation is 1. The summed E-state index contributed by atoms with van der Waals surface area (Å²) < 4.78 is 0. The number of aliphatic imine (C=N–C) groups is 1. The molecule has 6 heteroatoms. The second-order valence-electron chi connectivity index (χ2n) is 5.91. The summed E-state index contributed by atoms with van der Waals surface area (Å²) in [5, 5.41) is 6.78. The minimum absolute atomic E-state index is 0. The number of nitrogens with one attached hydrogen (secondary N) is 2. The van der Waals surface area contributed by atoms with Gasteiger partial charge in [-0.3, -0.25) is 9.79 Å². The molecule has 1 aromatic rings. The van der Waals surface area contributed by atoms with Gasteiger partial charge in [-0.15, -0.1) is 24.0 Å². The summed E-state index contributed by atoms with van der Waals surface area (Å²) >= 11 is 0. The van der Waals surface area contributed by atoms with Gasteiger partial charge in [0.2, 0.25) is 5.91 Å². The first-order valence-electron chi connectivity index (χ1n) is 8.51. The summed E-state index contributed by atoms with van der Waals surface area (Å²) in [6.07, 6.45) is 3.69. The number of carbonyl (C=O) groups is 1. The van der Waals surface area contributed by atoms with Gasteiger partial charge < -0.3 is 15.5 Å². The van der Waals surface area contributed by atoms with Crippen LogP contribution in [0.4, 0.5) is 0 Å². The Morgan fingerprint density at radius 3 is 2.75 bits per heavy atom. The molecule has 1 atom stereocenters. The van der Waals surface area contributed by atoms with Gasteiger partial charge in [0.25, 0.3) is 0 Å². The summed E-state index contributed by atoms with van der Waals surface area (Å²) in [5.41, 5.74) is 1.36. The molecule has 134 valence electrons. The van der Waals surface area contributed by atoms with Crippen LogP contribution in [0.1, 0.15) is 31.7 Å². The predicted octanol–water partition coefficient (Wildman–Crippen LogP) is 2.41. The lowest BCUT2D eigenvalue weighted by Gasteiger charge is -2.18. The number of benzene rings is 1. The Kier molecular flexibility index (Phi) is 9.75. The third kappa shape index (κ3) is 6.67. The zero-order valence-corrected chi connectivity index (χ0v) is 17.0. The van der Waals surface area contributed by atoms with Crippen LogP contribution in [-0.4, -0.2) is 49.5 Å². The zero-order valence-electron chi connectivity index (χ0n) is 14.6. The van der Waals surface area contributed by atoms with E-state index >= 15 is 0 Å². The van der Waals surface area contributed by atoms with Gasteiger partial charge in [0, 0.05) is 39.1 Å². The van der Waals surface area contributed by atoms with Gasteiger partial charge in [0.05, 0.1) is 0 Å². The molecule has 1 amide bonds. The number of halogens is 1. The largest absolute Gasteiger partial charge is 0.356 e. The molecule has 1 saturated heterocycles. The number of hydrogen-bond acceptors (Lipinski definition) is 2. The third-order valence-corrected chi connectivity index (χ3v) is 4.19. The van der Waals surface area contributed by atoms with E-state index < -0.39 is 0 Å². The van der Waals surface area contributed by atoms with Crippen molar-refractivity contribution in [1.82, 2.24) is 15.5 Å². The van der Waals surface area contributed by atoms with Gasteiger partial charge in [0.1, 0.15) is 0 Å². The third-order valence-electron chi connectivity index (χ3n) is 4.19. The normalized spacial score (nSPS) is 17.3. The topological polar surface area (TPSA) is 56.7 Å². The Hall–Kier alpha value is -1.31. The Balaban J connectivity index is 0.00000288. The van der Waals surface area contributed by atoms with Crippen LogP contribution in [0, 0.1) is 0 Å². The molecular weight excluding hydrogens is 415 g/mol. The van der Waals surface area contributed by atoms with E-state index in [1.165, 1.54) is 5.56 Å². The summed E-state index contributed by atoms with van der Waals surface area (Å²) in [6.45, 7) is 4.42. The highest BCUT2D eigenvalue weighted by Crippen LogP contribution is 2.10. The summed E-state index contributed by atoms with van der Waals surface area (Å²) in [5.74, 6) is 1.06. The molecule has 1 unspecified atom stereocenters. The second kappa shape index (κ2) is 11.3. The molecule has 1 aromatic carbocycles. The maximum absolute atomic E-state index is 11.7. The van der Waals surface area contributed by atoms with Crippen molar-refractivity contribution in [2.24, 2.45) is 4.99 Å². The Bertz CT molecular complexity index is 521. The van der Waals surface area contributed by atoms with E-state index in [4.69, 9.17) is 0 Å². The maximum atomic E-state index is 11.7. The van der Waals surface area contributed by atoms with Crippen LogP contribution in [0.5, 0.6) is 0 Å². The molecule has 2 N–H and O–H groups in total. The molecule has 0 radical (unpaired) electrons. The summed E-state index contributed by atoms with van der Waals surface area (Å²) in [7, 11) is 1.79. The van der Waals surface area contributed by atoms with Crippen LogP contribution in [-0.2, 0) is 11.2 Å². The molecule has 24 heavy (non-hydrogen) atoms. The molecule has 2 rings (SSSR count). The van der Waals surface area contributed by atoms with E-state index in [-0.39, 0.29) is 29.9 Å². The predicted molar refractivity (Wildman–Crippen MR) is 110 cm³/mol. The fourth-order valence-corrected chi connectivity index (χ4v) is 2.86. The molecule has 0 aromatic heterocycles. The monoisotopic (exact) mass is 444 g/mol. The van der Waals surface area contributed by atoms with Crippen molar-refractivity contribution >= 4 is 35.8 Å². The van der Waals surface area contributed by atoms with Gasteiger partial charge in [0.15, 0.2) is 5.96 Å². The Morgan fingerprint density at radius 2 is 2.08 bits per heavy atom. The highest BCUT2D eigenvalue weighted by atomic mass is 127. The van der Waals surface area contributed by atoms with E-state index in [9.17, 15) is 4.79 Å². The molecule has 1 aliphatic rings. The lowest BCUT2D eigenvalue weighted by atomic mass is 10.1. The molecule has 0 bridgehead atoms. The van der Waals surface area contributed by atoms with Gasteiger partial charge in [-0.2, -0.15) is 0 Å². The highest BCUT2D eigenvalue weighted by molar-refractivity contribution is 14.0. The van der Waals surface area contributed by atoms with Crippen molar-refractivity contribution in [2.75, 3.05) is 26.7 Å². The van der Waals surface area contributed by atoms with E-state index in [2.05, 4.69) is 39.9 Å². The van der Waals surface area contributed by atoms with Crippen LogP contribution in [0.3, 0.4) is 0 Å². The first kappa shape index (κ1) is 20.7. The molecule has 5 nitrogen and oxygen atoms in total. The number of rotatable bonds is 6. The molecule has 1 aliphatic heterocycles. The van der Waals surface area contributed by atoms with Gasteiger partial charge >= 0.3 is 0 Å². The standard InChI is InChI=1S/C18H28N4O.HI/c1-3-17(23)22-13-11-16(14-22)21-18(19-2)20-12-7-10-15-8-5-4-6-9-15;/h4-6,8-9,16H,3,7,10-14H2,1-2H3,(H2,19,20,21);1H. The van der Waals surface area contributed by atoms with Crippen molar-refractivity contribution in [3.8, 4) is 0 Å². The first-order chi connectivity index (χ1) is 11.2. The van der Waals surface area contributed by atoms with E-state index in [1.807, 2.05) is 17.9 Å². The van der Waals surface area contributed by atoms with Crippen molar-refractivity contribution in [1.29, 1.82) is 0 Å². The van der Waals surface area contributed by atoms with E-state index in [0.29, 0.717) is 12.5 Å². The number of hydrogen-bond donors (Lipinski definition) is 2. The van der Waals surface area contributed by atoms with Crippen molar-refractivity contribution in [2.45, 2.75) is 38.6 Å². The van der Waals surface area contributed by atoms with Gasteiger partial charge in [-0.1, -0.05) is 37.3 Å². The molecular formula is C18H29IN4O. The first-order valence-corrected chi connectivity index (χ1v) is 8.51. The summed E-state index contributed by atoms with van der Waals surface area (Å²) in [6, 6.07) is 10.8.